The van der Waals surface area contributed by atoms with Crippen LogP contribution in [0.15, 0.2) is 14.4 Å². The molecule has 0 saturated heterocycles. The fraction of sp³-hybridized carbons (Fsp3) is 0.222. The Morgan fingerprint density at radius 2 is 1.87 bits per heavy atom. The van der Waals surface area contributed by atoms with Crippen LogP contribution in [0.2, 0.25) is 0 Å². The van der Waals surface area contributed by atoms with Crippen LogP contribution in [0.3, 0.4) is 0 Å². The molecule has 0 atom stereocenters. The van der Waals surface area contributed by atoms with Gasteiger partial charge in [0.25, 0.3) is 0 Å². The van der Waals surface area contributed by atoms with Gasteiger partial charge >= 0.3 is 0 Å². The van der Waals surface area contributed by atoms with Crippen LogP contribution in [0.4, 0.5) is 0 Å². The van der Waals surface area contributed by atoms with Crippen molar-refractivity contribution in [3.05, 3.63) is 42.6 Å². The quantitative estimate of drug-likeness (QED) is 0.542. The van der Waals surface area contributed by atoms with Gasteiger partial charge in [-0.25, -0.2) is 0 Å². The van der Waals surface area contributed by atoms with Crippen LogP contribution < -0.4 is 16.4 Å². The predicted octanol–water partition coefficient (Wildman–Crippen LogP) is -0.917. The van der Waals surface area contributed by atoms with Crippen LogP contribution in [-0.2, 0) is 39.8 Å². The van der Waals surface area contributed by atoms with E-state index in [0.717, 1.165) is 0 Å². The molecule has 2 aromatic rings. The minimum atomic E-state index is -0.664. The fourth-order valence-electron chi connectivity index (χ4n) is 1.43. The number of rotatable bonds is 1. The first kappa shape index (κ1) is 12.3. The van der Waals surface area contributed by atoms with E-state index in [9.17, 15) is 14.4 Å². The Kier molecular flexibility index (Phi) is 3.26. The number of nitrogens with zero attached hydrogens (tertiary/aromatic N) is 1. The average molecular weight is 280 g/mol. The van der Waals surface area contributed by atoms with Crippen molar-refractivity contribution in [2.75, 3.05) is 0 Å². The maximum absolute atomic E-state index is 11.5. The number of aromatic nitrogens is 2. The van der Waals surface area contributed by atoms with E-state index in [4.69, 9.17) is 0 Å². The molecule has 0 fully saturated rings. The van der Waals surface area contributed by atoms with Gasteiger partial charge in [0.15, 0.2) is 0 Å². The Morgan fingerprint density at radius 3 is 2.20 bits per heavy atom. The van der Waals surface area contributed by atoms with Crippen molar-refractivity contribution >= 4 is 0 Å². The van der Waals surface area contributed by atoms with Gasteiger partial charge in [-0.2, -0.15) is 0 Å². The molecule has 75 valence electrons. The third kappa shape index (κ3) is 1.70. The van der Waals surface area contributed by atoms with Crippen LogP contribution in [0.25, 0.3) is 11.1 Å². The van der Waals surface area contributed by atoms with Gasteiger partial charge in [-0.3, -0.25) is 9.48 Å². The molecule has 15 heavy (non-hydrogen) atoms. The van der Waals surface area contributed by atoms with Crippen molar-refractivity contribution in [3.8, 4) is 11.1 Å². The second-order valence-corrected chi connectivity index (χ2v) is 3.13. The Balaban J connectivity index is 0.00000112. The summed E-state index contributed by atoms with van der Waals surface area (Å²) in [6.07, 6.45) is 0. The molecule has 1 heterocycles. The molecule has 1 aromatic heterocycles. The summed E-state index contributed by atoms with van der Waals surface area (Å²) in [6.45, 7) is 1.67. The Labute approximate surface area is 110 Å². The van der Waals surface area contributed by atoms with Gasteiger partial charge in [-0.05, 0) is 12.5 Å². The van der Waals surface area contributed by atoms with E-state index in [1.165, 1.54) is 4.68 Å². The average Bonchev–Trinajstić information content (AvgIpc) is 2.38. The van der Waals surface area contributed by atoms with Crippen molar-refractivity contribution in [1.82, 2.24) is 9.78 Å². The second kappa shape index (κ2) is 3.98. The minimum absolute atomic E-state index is 0. The Hall–Kier alpha value is -0.806. The maximum atomic E-state index is 11.5. The molecule has 0 spiro atoms. The van der Waals surface area contributed by atoms with Gasteiger partial charge < -0.3 is 14.7 Å². The maximum Gasteiger partial charge on any atom is 0.232 e. The second-order valence-electron chi connectivity index (χ2n) is 3.13. The first-order valence-corrected chi connectivity index (χ1v) is 4.01. The summed E-state index contributed by atoms with van der Waals surface area (Å²) in [5.74, 6) is 0. The molecule has 1 N–H and O–H groups in total. The molecule has 2 rings (SSSR count). The molecule has 1 aromatic carbocycles. The third-order valence-electron chi connectivity index (χ3n) is 2.15. The van der Waals surface area contributed by atoms with Crippen molar-refractivity contribution in [1.29, 1.82) is 0 Å². The summed E-state index contributed by atoms with van der Waals surface area (Å²) >= 11 is 0. The number of aryl methyl sites for hydroxylation is 2. The molecule has 0 aliphatic carbocycles. The molecule has 5 nitrogen and oxygen atoms in total. The zero-order chi connectivity index (χ0) is 10.5. The Bertz CT molecular complexity index is 628. The van der Waals surface area contributed by atoms with Gasteiger partial charge in [0.05, 0.1) is 0 Å². The first-order valence-electron chi connectivity index (χ1n) is 4.01. The monoisotopic (exact) mass is 280 g/mol. The molecular weight excluding hydrogens is 273 g/mol. The fourth-order valence-corrected chi connectivity index (χ4v) is 1.43. The van der Waals surface area contributed by atoms with Crippen LogP contribution in [0, 0.1) is 13.0 Å². The molecule has 0 aliphatic heterocycles. The molecule has 0 bridgehead atoms. The Morgan fingerprint density at radius 1 is 1.27 bits per heavy atom. The number of aromatic amines is 1. The van der Waals surface area contributed by atoms with E-state index < -0.39 is 10.9 Å². The molecule has 0 saturated carbocycles. The van der Waals surface area contributed by atoms with E-state index >= 15 is 0 Å². The largest absolute Gasteiger partial charge is 0.344 e. The summed E-state index contributed by atoms with van der Waals surface area (Å²) in [5.41, 5.74) is -0.703. The van der Waals surface area contributed by atoms with E-state index in [-0.39, 0.29) is 49.4 Å². The third-order valence-corrected chi connectivity index (χ3v) is 2.15. The molecular formula is C9H7N2O3Y-. The van der Waals surface area contributed by atoms with Crippen molar-refractivity contribution in [2.24, 2.45) is 7.05 Å². The smallest absolute Gasteiger partial charge is 0.232 e. The zero-order valence-corrected chi connectivity index (χ0v) is 11.1. The zero-order valence-electron chi connectivity index (χ0n) is 8.25. The summed E-state index contributed by atoms with van der Waals surface area (Å²) < 4.78 is 1.26. The van der Waals surface area contributed by atoms with Gasteiger partial charge in [0.1, 0.15) is 10.9 Å². The van der Waals surface area contributed by atoms with Crippen LogP contribution >= 0.6 is 0 Å². The van der Waals surface area contributed by atoms with E-state index in [0.29, 0.717) is 5.69 Å². The van der Waals surface area contributed by atoms with E-state index in [1.807, 2.05) is 0 Å². The predicted molar refractivity (Wildman–Crippen MR) is 50.0 cm³/mol. The first-order chi connectivity index (χ1) is 6.52. The summed E-state index contributed by atoms with van der Waals surface area (Å²) in [6, 6.07) is 2.30. The molecule has 6 heteroatoms. The van der Waals surface area contributed by atoms with Crippen LogP contribution in [0.5, 0.6) is 0 Å². The number of nitrogens with one attached hydrogen (secondary N) is 1. The van der Waals surface area contributed by atoms with Crippen LogP contribution in [0.1, 0.15) is 5.69 Å². The summed E-state index contributed by atoms with van der Waals surface area (Å²) in [4.78, 5) is 33.2. The van der Waals surface area contributed by atoms with Gasteiger partial charge in [0.2, 0.25) is 5.56 Å². The number of hydrogen-bond acceptors (Lipinski definition) is 3. The van der Waals surface area contributed by atoms with Crippen molar-refractivity contribution in [3.63, 3.8) is 0 Å². The van der Waals surface area contributed by atoms with E-state index in [1.54, 1.807) is 14.0 Å². The van der Waals surface area contributed by atoms with Crippen molar-refractivity contribution < 1.29 is 32.7 Å². The van der Waals surface area contributed by atoms with Gasteiger partial charge in [-0.15, -0.1) is 0 Å². The standard InChI is InChI=1S/C9H7N2O3.Y/c1-4-7(9(14)11(2)10-4)5-3-6(12)8(5)13;/h10H,1-2H3;/q-1;. The molecule has 1 radical (unpaired) electrons. The van der Waals surface area contributed by atoms with Crippen LogP contribution in [-0.4, -0.2) is 9.78 Å². The molecule has 0 unspecified atom stereocenters. The van der Waals surface area contributed by atoms with Gasteiger partial charge in [0, 0.05) is 45.5 Å². The summed E-state index contributed by atoms with van der Waals surface area (Å²) in [5, 5.41) is 2.74. The SMILES string of the molecule is Cc1[nH]n(C)c(=O)c1-c1[c-]c(=O)c1=O.[Y]. The normalized spacial score (nSPS) is 10.3. The molecule has 0 amide bonds. The van der Waals surface area contributed by atoms with Gasteiger partial charge in [-0.1, -0.05) is 11.6 Å². The number of hydrogen-bond donors (Lipinski definition) is 1. The topological polar surface area (TPSA) is 71.9 Å². The number of H-pyrrole nitrogens is 1. The van der Waals surface area contributed by atoms with Crippen molar-refractivity contribution in [2.45, 2.75) is 6.92 Å². The van der Waals surface area contributed by atoms with E-state index in [2.05, 4.69) is 11.2 Å². The summed E-state index contributed by atoms with van der Waals surface area (Å²) in [7, 11) is 1.55. The minimum Gasteiger partial charge on any atom is -0.344 e. The molecule has 0 aliphatic rings.